The van der Waals surface area contributed by atoms with E-state index in [2.05, 4.69) is 15.5 Å². The predicted molar refractivity (Wildman–Crippen MR) is 82.4 cm³/mol. The van der Waals surface area contributed by atoms with Crippen molar-refractivity contribution in [3.8, 4) is 0 Å². The van der Waals surface area contributed by atoms with Crippen LogP contribution in [0.4, 0.5) is 0 Å². The van der Waals surface area contributed by atoms with E-state index in [9.17, 15) is 4.79 Å². The monoisotopic (exact) mass is 257 g/mol. The van der Waals surface area contributed by atoms with Crippen LogP contribution in [0.15, 0.2) is 10.2 Å². The summed E-state index contributed by atoms with van der Waals surface area (Å²) in [6, 6.07) is 0. The Labute approximate surface area is 113 Å². The number of nitrogens with zero attached hydrogens (tertiary/aromatic N) is 2. The molecule has 0 heterocycles. The minimum atomic E-state index is 0.0132. The summed E-state index contributed by atoms with van der Waals surface area (Å²) in [5.41, 5.74) is 1.71. The average Bonchev–Trinajstić information content (AvgIpc) is 2.38. The van der Waals surface area contributed by atoms with Gasteiger partial charge in [0.1, 0.15) is 0 Å². The van der Waals surface area contributed by atoms with Crippen molar-refractivity contribution in [2.24, 2.45) is 16.1 Å². The van der Waals surface area contributed by atoms with Crippen molar-refractivity contribution in [1.82, 2.24) is 5.32 Å². The third-order valence-electron chi connectivity index (χ3n) is 1.46. The molecule has 4 nitrogen and oxygen atoms in total. The molecule has 18 heavy (non-hydrogen) atoms. The molecule has 0 radical (unpaired) electrons. The smallest absolute Gasteiger partial charge is 0.222 e. The first-order chi connectivity index (χ1) is 8.43. The molecule has 0 spiro atoms. The van der Waals surface area contributed by atoms with Gasteiger partial charge in [-0.3, -0.25) is 4.79 Å². The Balaban J connectivity index is -0.000000506. The van der Waals surface area contributed by atoms with Crippen LogP contribution in [0, 0.1) is 5.92 Å². The number of carbonyl (C=O) groups excluding carboxylic acids is 1. The molecule has 108 valence electrons. The van der Waals surface area contributed by atoms with Crippen LogP contribution in [0.1, 0.15) is 62.3 Å². The van der Waals surface area contributed by atoms with Gasteiger partial charge in [0, 0.05) is 11.6 Å². The largest absolute Gasteiger partial charge is 0.351 e. The Bertz CT molecular complexity index is 252. The minimum Gasteiger partial charge on any atom is -0.351 e. The highest BCUT2D eigenvalue weighted by atomic mass is 16.1. The maximum atomic E-state index is 11.2. The summed E-state index contributed by atoms with van der Waals surface area (Å²) in [6.07, 6.45) is 0. The fraction of sp³-hybridized carbons (Fsp3) is 0.786. The molecule has 0 bridgehead atoms. The average molecular weight is 257 g/mol. The van der Waals surface area contributed by atoms with Crippen molar-refractivity contribution in [2.75, 3.05) is 6.54 Å². The minimum absolute atomic E-state index is 0.0132. The number of amides is 1. The fourth-order valence-electron chi connectivity index (χ4n) is 0.640. The van der Waals surface area contributed by atoms with Gasteiger partial charge in [0.05, 0.1) is 12.3 Å². The SMILES string of the molecule is CC.CC.CC(C)=N/N=C(\C)CNC(=O)C(C)C. The summed E-state index contributed by atoms with van der Waals surface area (Å²) in [4.78, 5) is 11.2. The van der Waals surface area contributed by atoms with Crippen molar-refractivity contribution in [1.29, 1.82) is 0 Å². The Kier molecular flexibility index (Phi) is 19.4. The van der Waals surface area contributed by atoms with E-state index < -0.39 is 0 Å². The highest BCUT2D eigenvalue weighted by molar-refractivity contribution is 5.89. The quantitative estimate of drug-likeness (QED) is 0.606. The molecule has 1 N–H and O–H groups in total. The Hall–Kier alpha value is -1.19. The summed E-state index contributed by atoms with van der Waals surface area (Å²) < 4.78 is 0. The first kappa shape index (κ1) is 22.0. The van der Waals surface area contributed by atoms with E-state index in [-0.39, 0.29) is 11.8 Å². The van der Waals surface area contributed by atoms with E-state index in [1.807, 2.05) is 62.3 Å². The Morgan fingerprint density at radius 2 is 1.44 bits per heavy atom. The van der Waals surface area contributed by atoms with Crippen LogP contribution in [0.25, 0.3) is 0 Å². The number of rotatable bonds is 4. The molecule has 0 saturated heterocycles. The molecular weight excluding hydrogens is 226 g/mol. The Morgan fingerprint density at radius 3 is 1.78 bits per heavy atom. The van der Waals surface area contributed by atoms with Gasteiger partial charge < -0.3 is 5.32 Å². The summed E-state index contributed by atoms with van der Waals surface area (Å²) in [7, 11) is 0. The molecule has 4 heteroatoms. The molecular formula is C14H31N3O. The standard InChI is InChI=1S/C10H19N3O.2C2H6/c1-7(2)10(14)11-6-9(5)13-12-8(3)4;2*1-2/h7H,6H2,1-5H3,(H,11,14);2*1-2H3/b13-9+;;. The molecule has 1 amide bonds. The zero-order valence-electron chi connectivity index (χ0n) is 13.6. The van der Waals surface area contributed by atoms with Crippen molar-refractivity contribution in [2.45, 2.75) is 62.3 Å². The normalized spacial score (nSPS) is 9.56. The van der Waals surface area contributed by atoms with Crippen LogP contribution in [-0.2, 0) is 4.79 Å². The van der Waals surface area contributed by atoms with E-state index in [0.717, 1.165) is 11.4 Å². The lowest BCUT2D eigenvalue weighted by Gasteiger charge is -2.05. The van der Waals surface area contributed by atoms with Gasteiger partial charge in [-0.15, -0.1) is 0 Å². The van der Waals surface area contributed by atoms with Crippen LogP contribution < -0.4 is 5.32 Å². The number of hydrogen-bond donors (Lipinski definition) is 1. The third-order valence-corrected chi connectivity index (χ3v) is 1.46. The summed E-state index contributed by atoms with van der Waals surface area (Å²) in [5.74, 6) is 0.0518. The van der Waals surface area contributed by atoms with Crippen LogP contribution in [0.2, 0.25) is 0 Å². The van der Waals surface area contributed by atoms with Crippen LogP contribution in [-0.4, -0.2) is 23.9 Å². The first-order valence-electron chi connectivity index (χ1n) is 6.75. The highest BCUT2D eigenvalue weighted by Crippen LogP contribution is 1.90. The molecule has 0 unspecified atom stereocenters. The second-order valence-electron chi connectivity index (χ2n) is 3.75. The highest BCUT2D eigenvalue weighted by Gasteiger charge is 2.05. The molecule has 0 aliphatic carbocycles. The predicted octanol–water partition coefficient (Wildman–Crippen LogP) is 3.67. The van der Waals surface area contributed by atoms with E-state index >= 15 is 0 Å². The summed E-state index contributed by atoms with van der Waals surface area (Å²) in [6.45, 7) is 17.8. The number of hydrogen-bond acceptors (Lipinski definition) is 3. The second-order valence-corrected chi connectivity index (χ2v) is 3.75. The number of nitrogens with one attached hydrogen (secondary N) is 1. The second kappa shape index (κ2) is 15.8. The molecule has 0 aromatic heterocycles. The van der Waals surface area contributed by atoms with E-state index in [4.69, 9.17) is 0 Å². The molecule has 0 aliphatic heterocycles. The van der Waals surface area contributed by atoms with Gasteiger partial charge in [0.25, 0.3) is 0 Å². The molecule has 0 aliphatic rings. The van der Waals surface area contributed by atoms with Crippen molar-refractivity contribution < 1.29 is 4.79 Å². The molecule has 0 atom stereocenters. The zero-order valence-corrected chi connectivity index (χ0v) is 13.6. The lowest BCUT2D eigenvalue weighted by molar-refractivity contribution is -0.123. The van der Waals surface area contributed by atoms with E-state index in [1.165, 1.54) is 0 Å². The summed E-state index contributed by atoms with van der Waals surface area (Å²) in [5, 5.41) is 10.6. The third kappa shape index (κ3) is 17.2. The topological polar surface area (TPSA) is 53.8 Å². The van der Waals surface area contributed by atoms with Gasteiger partial charge in [-0.1, -0.05) is 41.5 Å². The molecule has 0 saturated carbocycles. The Morgan fingerprint density at radius 1 is 1.00 bits per heavy atom. The number of carbonyl (C=O) groups is 1. The van der Waals surface area contributed by atoms with Gasteiger partial charge in [-0.25, -0.2) is 0 Å². The van der Waals surface area contributed by atoms with Crippen LogP contribution >= 0.6 is 0 Å². The molecule has 0 aromatic carbocycles. The van der Waals surface area contributed by atoms with Crippen molar-refractivity contribution >= 4 is 17.3 Å². The maximum Gasteiger partial charge on any atom is 0.222 e. The van der Waals surface area contributed by atoms with Gasteiger partial charge >= 0.3 is 0 Å². The van der Waals surface area contributed by atoms with Crippen LogP contribution in [0.3, 0.4) is 0 Å². The lowest BCUT2D eigenvalue weighted by atomic mass is 10.2. The molecule has 0 rings (SSSR count). The fourth-order valence-corrected chi connectivity index (χ4v) is 0.640. The van der Waals surface area contributed by atoms with Crippen LogP contribution in [0.5, 0.6) is 0 Å². The molecule has 0 fully saturated rings. The zero-order chi connectivity index (χ0) is 15.1. The van der Waals surface area contributed by atoms with Crippen molar-refractivity contribution in [3.05, 3.63) is 0 Å². The maximum absolute atomic E-state index is 11.2. The van der Waals surface area contributed by atoms with Gasteiger partial charge in [0.15, 0.2) is 0 Å². The first-order valence-corrected chi connectivity index (χ1v) is 6.75. The van der Waals surface area contributed by atoms with Crippen molar-refractivity contribution in [3.63, 3.8) is 0 Å². The van der Waals surface area contributed by atoms with E-state index in [0.29, 0.717) is 6.54 Å². The van der Waals surface area contributed by atoms with Gasteiger partial charge in [-0.05, 0) is 20.8 Å². The molecule has 0 aromatic rings. The van der Waals surface area contributed by atoms with Gasteiger partial charge in [-0.2, -0.15) is 10.2 Å². The lowest BCUT2D eigenvalue weighted by Crippen LogP contribution is -2.31. The van der Waals surface area contributed by atoms with E-state index in [1.54, 1.807) is 0 Å². The van der Waals surface area contributed by atoms with Gasteiger partial charge in [0.2, 0.25) is 5.91 Å². The summed E-state index contributed by atoms with van der Waals surface area (Å²) >= 11 is 0.